The molecule has 3 nitrogen and oxygen atoms in total. The smallest absolute Gasteiger partial charge is 0.323 e. The van der Waals surface area contributed by atoms with Crippen LogP contribution in [0.25, 0.3) is 0 Å². The number of rotatable bonds is 3. The van der Waals surface area contributed by atoms with E-state index in [9.17, 15) is 9.90 Å². The molecule has 0 aromatic carbocycles. The number of likely N-dealkylation sites (tertiary alicyclic amines) is 1. The van der Waals surface area contributed by atoms with E-state index < -0.39 is 11.5 Å². The minimum atomic E-state index is -0.640. The van der Waals surface area contributed by atoms with Crippen LogP contribution < -0.4 is 0 Å². The lowest BCUT2D eigenvalue weighted by Gasteiger charge is -2.36. The van der Waals surface area contributed by atoms with Crippen molar-refractivity contribution in [2.75, 3.05) is 13.1 Å². The van der Waals surface area contributed by atoms with Gasteiger partial charge in [0.15, 0.2) is 0 Å². The van der Waals surface area contributed by atoms with Crippen LogP contribution in [0.5, 0.6) is 0 Å². The Labute approximate surface area is 104 Å². The Morgan fingerprint density at radius 3 is 2.82 bits per heavy atom. The molecule has 0 aromatic rings. The Bertz CT molecular complexity index is 292. The molecule has 1 aliphatic carbocycles. The van der Waals surface area contributed by atoms with Crippen LogP contribution in [0.1, 0.15) is 52.4 Å². The SMILES string of the molecule is CC1CCCC(CN2CCCC2(C)C(=O)O)C1. The van der Waals surface area contributed by atoms with Crippen molar-refractivity contribution in [1.82, 2.24) is 4.90 Å². The highest BCUT2D eigenvalue weighted by molar-refractivity contribution is 5.78. The summed E-state index contributed by atoms with van der Waals surface area (Å²) in [7, 11) is 0. The topological polar surface area (TPSA) is 40.5 Å². The van der Waals surface area contributed by atoms with Gasteiger partial charge >= 0.3 is 5.97 Å². The van der Waals surface area contributed by atoms with Gasteiger partial charge in [-0.25, -0.2) is 0 Å². The van der Waals surface area contributed by atoms with Gasteiger partial charge in [-0.1, -0.05) is 19.8 Å². The predicted molar refractivity (Wildman–Crippen MR) is 68.0 cm³/mol. The summed E-state index contributed by atoms with van der Waals surface area (Å²) in [6.45, 7) is 6.18. The first-order valence-corrected chi connectivity index (χ1v) is 7.01. The maximum Gasteiger partial charge on any atom is 0.323 e. The Hall–Kier alpha value is -0.570. The van der Waals surface area contributed by atoms with Gasteiger partial charge in [0.2, 0.25) is 0 Å². The second kappa shape index (κ2) is 4.97. The monoisotopic (exact) mass is 239 g/mol. The van der Waals surface area contributed by atoms with Gasteiger partial charge in [-0.2, -0.15) is 0 Å². The molecule has 1 heterocycles. The molecule has 2 aliphatic rings. The van der Waals surface area contributed by atoms with E-state index in [4.69, 9.17) is 0 Å². The van der Waals surface area contributed by atoms with Crippen LogP contribution in [0.2, 0.25) is 0 Å². The predicted octanol–water partition coefficient (Wildman–Crippen LogP) is 2.75. The van der Waals surface area contributed by atoms with Gasteiger partial charge in [0, 0.05) is 6.54 Å². The zero-order chi connectivity index (χ0) is 12.5. The Balaban J connectivity index is 1.95. The Morgan fingerprint density at radius 2 is 2.18 bits per heavy atom. The fraction of sp³-hybridized carbons (Fsp3) is 0.929. The third-order valence-corrected chi connectivity index (χ3v) is 4.77. The van der Waals surface area contributed by atoms with Crippen LogP contribution in [0.4, 0.5) is 0 Å². The van der Waals surface area contributed by atoms with Gasteiger partial charge in [0.05, 0.1) is 0 Å². The molecule has 3 unspecified atom stereocenters. The molecular formula is C14H25NO2. The number of carbonyl (C=O) groups is 1. The van der Waals surface area contributed by atoms with Crippen molar-refractivity contribution in [1.29, 1.82) is 0 Å². The summed E-state index contributed by atoms with van der Waals surface area (Å²) >= 11 is 0. The zero-order valence-electron chi connectivity index (χ0n) is 11.1. The summed E-state index contributed by atoms with van der Waals surface area (Å²) in [6, 6.07) is 0. The van der Waals surface area contributed by atoms with E-state index in [0.717, 1.165) is 37.8 Å². The lowest BCUT2D eigenvalue weighted by Crippen LogP contribution is -2.49. The summed E-state index contributed by atoms with van der Waals surface area (Å²) in [5.41, 5.74) is -0.597. The Morgan fingerprint density at radius 1 is 1.41 bits per heavy atom. The second-order valence-electron chi connectivity index (χ2n) is 6.27. The van der Waals surface area contributed by atoms with Crippen LogP contribution in [0, 0.1) is 11.8 Å². The second-order valence-corrected chi connectivity index (χ2v) is 6.27. The third kappa shape index (κ3) is 2.65. The van der Waals surface area contributed by atoms with Gasteiger partial charge in [0.1, 0.15) is 5.54 Å². The van der Waals surface area contributed by atoms with Crippen LogP contribution in [-0.2, 0) is 4.79 Å². The number of hydrogen-bond acceptors (Lipinski definition) is 2. The molecule has 1 N–H and O–H groups in total. The summed E-state index contributed by atoms with van der Waals surface area (Å²) in [5.74, 6) is 0.904. The molecule has 0 bridgehead atoms. The first-order valence-electron chi connectivity index (χ1n) is 7.01. The van der Waals surface area contributed by atoms with E-state index in [2.05, 4.69) is 11.8 Å². The number of carboxylic acid groups (broad SMARTS) is 1. The molecule has 1 aliphatic heterocycles. The standard InChI is InChI=1S/C14H25NO2/c1-11-5-3-6-12(9-11)10-15-8-4-7-14(15,2)13(16)17/h11-12H,3-10H2,1-2H3,(H,16,17). The summed E-state index contributed by atoms with van der Waals surface area (Å²) < 4.78 is 0. The molecule has 2 fully saturated rings. The lowest BCUT2D eigenvalue weighted by molar-refractivity contribution is -0.149. The largest absolute Gasteiger partial charge is 0.480 e. The molecule has 0 spiro atoms. The van der Waals surface area contributed by atoms with E-state index in [1.165, 1.54) is 25.7 Å². The van der Waals surface area contributed by atoms with Crippen molar-refractivity contribution in [2.45, 2.75) is 57.9 Å². The number of carboxylic acids is 1. The average molecular weight is 239 g/mol. The first kappa shape index (κ1) is 12.9. The first-order chi connectivity index (χ1) is 8.02. The van der Waals surface area contributed by atoms with Crippen molar-refractivity contribution in [3.05, 3.63) is 0 Å². The van der Waals surface area contributed by atoms with Crippen LogP contribution in [0.15, 0.2) is 0 Å². The highest BCUT2D eigenvalue weighted by atomic mass is 16.4. The zero-order valence-corrected chi connectivity index (χ0v) is 11.1. The minimum absolute atomic E-state index is 0.597. The molecule has 1 saturated heterocycles. The van der Waals surface area contributed by atoms with Gasteiger partial charge in [-0.3, -0.25) is 9.69 Å². The minimum Gasteiger partial charge on any atom is -0.480 e. The molecule has 2 rings (SSSR count). The fourth-order valence-electron chi connectivity index (χ4n) is 3.59. The molecule has 1 saturated carbocycles. The Kier molecular flexibility index (Phi) is 3.76. The maximum absolute atomic E-state index is 11.4. The van der Waals surface area contributed by atoms with E-state index in [1.54, 1.807) is 0 Å². The summed E-state index contributed by atoms with van der Waals surface area (Å²) in [4.78, 5) is 13.6. The van der Waals surface area contributed by atoms with E-state index in [0.29, 0.717) is 0 Å². The molecular weight excluding hydrogens is 214 g/mol. The molecule has 98 valence electrons. The average Bonchev–Trinajstić information content (AvgIpc) is 2.62. The van der Waals surface area contributed by atoms with Crippen molar-refractivity contribution in [3.63, 3.8) is 0 Å². The maximum atomic E-state index is 11.4. The van der Waals surface area contributed by atoms with Crippen molar-refractivity contribution < 1.29 is 9.90 Å². The lowest BCUT2D eigenvalue weighted by atomic mass is 9.82. The highest BCUT2D eigenvalue weighted by Crippen LogP contribution is 2.34. The van der Waals surface area contributed by atoms with E-state index in [-0.39, 0.29) is 0 Å². The number of nitrogens with zero attached hydrogens (tertiary/aromatic N) is 1. The van der Waals surface area contributed by atoms with Crippen LogP contribution in [0.3, 0.4) is 0 Å². The van der Waals surface area contributed by atoms with Gasteiger partial charge in [-0.05, 0) is 51.0 Å². The van der Waals surface area contributed by atoms with Gasteiger partial charge < -0.3 is 5.11 Å². The quantitative estimate of drug-likeness (QED) is 0.823. The molecule has 3 heteroatoms. The van der Waals surface area contributed by atoms with Gasteiger partial charge in [-0.15, -0.1) is 0 Å². The summed E-state index contributed by atoms with van der Waals surface area (Å²) in [6.07, 6.45) is 7.09. The highest BCUT2D eigenvalue weighted by Gasteiger charge is 2.43. The molecule has 0 radical (unpaired) electrons. The van der Waals surface area contributed by atoms with Gasteiger partial charge in [0.25, 0.3) is 0 Å². The van der Waals surface area contributed by atoms with Crippen LogP contribution in [-0.4, -0.2) is 34.6 Å². The van der Waals surface area contributed by atoms with Crippen molar-refractivity contribution in [2.24, 2.45) is 11.8 Å². The van der Waals surface area contributed by atoms with E-state index in [1.807, 2.05) is 6.92 Å². The van der Waals surface area contributed by atoms with E-state index >= 15 is 0 Å². The normalized spacial score (nSPS) is 39.4. The third-order valence-electron chi connectivity index (χ3n) is 4.77. The number of aliphatic carboxylic acids is 1. The molecule has 17 heavy (non-hydrogen) atoms. The van der Waals surface area contributed by atoms with Crippen LogP contribution >= 0.6 is 0 Å². The van der Waals surface area contributed by atoms with Crippen molar-refractivity contribution >= 4 is 5.97 Å². The molecule has 0 aromatic heterocycles. The molecule has 0 amide bonds. The molecule has 3 atom stereocenters. The fourth-order valence-corrected chi connectivity index (χ4v) is 3.59. The summed E-state index contributed by atoms with van der Waals surface area (Å²) in [5, 5.41) is 9.38. The van der Waals surface area contributed by atoms with Crippen molar-refractivity contribution in [3.8, 4) is 0 Å². The number of hydrogen-bond donors (Lipinski definition) is 1.